The molecule has 1 aliphatic heterocycles. The largest absolute Gasteiger partial charge is 0.229 e. The summed E-state index contributed by atoms with van der Waals surface area (Å²) in [6.07, 6.45) is 9.16. The maximum atomic E-state index is 2.48. The van der Waals surface area contributed by atoms with Gasteiger partial charge in [0.1, 0.15) is 6.54 Å². The molecule has 0 spiro atoms. The van der Waals surface area contributed by atoms with Crippen LogP contribution >= 0.6 is 0 Å². The number of hydrogen-bond acceptors (Lipinski definition) is 0. The van der Waals surface area contributed by atoms with E-state index in [2.05, 4.69) is 81.8 Å². The van der Waals surface area contributed by atoms with E-state index in [0.717, 1.165) is 6.54 Å². The van der Waals surface area contributed by atoms with Crippen LogP contribution in [0.25, 0.3) is 0 Å². The summed E-state index contributed by atoms with van der Waals surface area (Å²) < 4.78 is 2.48. The molecule has 2 rings (SSSR count). The van der Waals surface area contributed by atoms with Crippen molar-refractivity contribution in [3.63, 3.8) is 0 Å². The summed E-state index contributed by atoms with van der Waals surface area (Å²) in [5, 5.41) is 0. The Morgan fingerprint density at radius 2 is 1.76 bits per heavy atom. The lowest BCUT2D eigenvalue weighted by molar-refractivity contribution is -0.572. The van der Waals surface area contributed by atoms with E-state index in [9.17, 15) is 0 Å². The number of hydrogen-bond donors (Lipinski definition) is 0. The first-order valence-electron chi connectivity index (χ1n) is 8.44. The Labute approximate surface area is 130 Å². The van der Waals surface area contributed by atoms with Crippen molar-refractivity contribution >= 4 is 6.21 Å². The molecule has 0 bridgehead atoms. The molecule has 0 aromatic heterocycles. The summed E-state index contributed by atoms with van der Waals surface area (Å²) in [6.45, 7) is 12.7. The van der Waals surface area contributed by atoms with Crippen molar-refractivity contribution in [1.29, 1.82) is 0 Å². The molecule has 1 aromatic carbocycles. The zero-order chi connectivity index (χ0) is 15.5. The third-order valence-electron chi connectivity index (χ3n) is 5.40. The first-order chi connectivity index (χ1) is 10.1. The predicted molar refractivity (Wildman–Crippen MR) is 92.3 cm³/mol. The highest BCUT2D eigenvalue weighted by atomic mass is 15.0. The molecule has 0 amide bonds. The van der Waals surface area contributed by atoms with Gasteiger partial charge in [-0.3, -0.25) is 0 Å². The maximum absolute atomic E-state index is 2.48. The lowest BCUT2D eigenvalue weighted by Gasteiger charge is -2.33. The molecule has 0 aliphatic carbocycles. The van der Waals surface area contributed by atoms with Crippen molar-refractivity contribution in [2.24, 2.45) is 5.92 Å². The molecular formula is C20H30N+. The summed E-state index contributed by atoms with van der Waals surface area (Å²) >= 11 is 0. The van der Waals surface area contributed by atoms with E-state index in [1.807, 2.05) is 0 Å². The molecule has 114 valence electrons. The van der Waals surface area contributed by atoms with E-state index in [4.69, 9.17) is 0 Å². The van der Waals surface area contributed by atoms with E-state index in [1.54, 1.807) is 0 Å². The first kappa shape index (κ1) is 16.0. The molecule has 2 atom stereocenters. The fraction of sp³-hybridized carbons (Fsp3) is 0.550. The topological polar surface area (TPSA) is 3.01 Å². The summed E-state index contributed by atoms with van der Waals surface area (Å²) in [6, 6.07) is 9.56. The summed E-state index contributed by atoms with van der Waals surface area (Å²) in [4.78, 5) is 0. The Bertz CT molecular complexity index is 535. The van der Waals surface area contributed by atoms with Gasteiger partial charge >= 0.3 is 0 Å². The highest BCUT2D eigenvalue weighted by Crippen LogP contribution is 2.39. The number of benzene rings is 1. The standard InChI is InChI=1S/C20H30N/c1-6-20(5,7-2)18-14-10-9-13-17(18)19-16(4)12-11-15-21(19)8-3/h9-16,19H,6-8H2,1-5H3/q+1. The fourth-order valence-corrected chi connectivity index (χ4v) is 3.53. The van der Waals surface area contributed by atoms with Crippen LogP contribution in [0.4, 0.5) is 0 Å². The van der Waals surface area contributed by atoms with E-state index in [0.29, 0.717) is 12.0 Å². The Morgan fingerprint density at radius 1 is 1.10 bits per heavy atom. The second-order valence-electron chi connectivity index (χ2n) is 6.52. The minimum atomic E-state index is 0.275. The molecule has 2 unspecified atom stereocenters. The summed E-state index contributed by atoms with van der Waals surface area (Å²) in [5.74, 6) is 0.550. The Morgan fingerprint density at radius 3 is 2.38 bits per heavy atom. The molecule has 21 heavy (non-hydrogen) atoms. The van der Waals surface area contributed by atoms with Gasteiger partial charge in [0, 0.05) is 11.5 Å². The van der Waals surface area contributed by atoms with Crippen LogP contribution in [0.5, 0.6) is 0 Å². The van der Waals surface area contributed by atoms with E-state index >= 15 is 0 Å². The van der Waals surface area contributed by atoms with Crippen molar-refractivity contribution < 1.29 is 4.58 Å². The zero-order valence-corrected chi connectivity index (χ0v) is 14.3. The Kier molecular flexibility index (Phi) is 5.03. The molecule has 1 aromatic rings. The van der Waals surface area contributed by atoms with E-state index < -0.39 is 0 Å². The molecule has 1 nitrogen and oxygen atoms in total. The molecule has 0 saturated heterocycles. The van der Waals surface area contributed by atoms with Crippen LogP contribution in [0.1, 0.15) is 64.6 Å². The predicted octanol–water partition coefficient (Wildman–Crippen LogP) is 5.11. The lowest BCUT2D eigenvalue weighted by Crippen LogP contribution is -2.31. The summed E-state index contributed by atoms with van der Waals surface area (Å²) in [7, 11) is 0. The molecule has 0 saturated carbocycles. The van der Waals surface area contributed by atoms with Gasteiger partial charge in [-0.15, -0.1) is 0 Å². The van der Waals surface area contributed by atoms with Crippen LogP contribution in [0.15, 0.2) is 36.4 Å². The number of allylic oxidation sites excluding steroid dienone is 1. The molecular weight excluding hydrogens is 254 g/mol. The zero-order valence-electron chi connectivity index (χ0n) is 14.3. The van der Waals surface area contributed by atoms with Gasteiger partial charge in [0.2, 0.25) is 0 Å². The Balaban J connectivity index is 2.54. The normalized spacial score (nSPS) is 22.2. The van der Waals surface area contributed by atoms with Crippen LogP contribution in [-0.2, 0) is 5.41 Å². The number of rotatable bonds is 5. The van der Waals surface area contributed by atoms with Crippen LogP contribution in [-0.4, -0.2) is 17.3 Å². The van der Waals surface area contributed by atoms with Gasteiger partial charge in [0.25, 0.3) is 0 Å². The van der Waals surface area contributed by atoms with Crippen LogP contribution in [0.3, 0.4) is 0 Å². The fourth-order valence-electron chi connectivity index (χ4n) is 3.53. The van der Waals surface area contributed by atoms with Crippen LogP contribution < -0.4 is 0 Å². The first-order valence-corrected chi connectivity index (χ1v) is 8.44. The second-order valence-corrected chi connectivity index (χ2v) is 6.52. The molecule has 1 heteroatoms. The van der Waals surface area contributed by atoms with Crippen molar-refractivity contribution in [2.75, 3.05) is 6.54 Å². The molecule has 1 aliphatic rings. The quantitative estimate of drug-likeness (QED) is 0.661. The molecule has 1 heterocycles. The minimum absolute atomic E-state index is 0.275. The van der Waals surface area contributed by atoms with Gasteiger partial charge in [-0.2, -0.15) is 0 Å². The highest BCUT2D eigenvalue weighted by Gasteiger charge is 2.35. The third kappa shape index (κ3) is 2.97. The molecule has 0 fully saturated rings. The molecule has 0 N–H and O–H groups in total. The monoisotopic (exact) mass is 284 g/mol. The van der Waals surface area contributed by atoms with Crippen molar-refractivity contribution in [3.8, 4) is 0 Å². The highest BCUT2D eigenvalue weighted by molar-refractivity contribution is 5.67. The Hall–Kier alpha value is -1.37. The van der Waals surface area contributed by atoms with Crippen LogP contribution in [0.2, 0.25) is 0 Å². The van der Waals surface area contributed by atoms with Crippen LogP contribution in [0, 0.1) is 5.92 Å². The van der Waals surface area contributed by atoms with Crippen molar-refractivity contribution in [3.05, 3.63) is 47.5 Å². The van der Waals surface area contributed by atoms with Gasteiger partial charge in [0.15, 0.2) is 12.3 Å². The molecule has 0 radical (unpaired) electrons. The average molecular weight is 284 g/mol. The van der Waals surface area contributed by atoms with E-state index in [1.165, 1.54) is 24.0 Å². The summed E-state index contributed by atoms with van der Waals surface area (Å²) in [5.41, 5.74) is 3.32. The lowest BCUT2D eigenvalue weighted by atomic mass is 9.73. The third-order valence-corrected chi connectivity index (χ3v) is 5.40. The van der Waals surface area contributed by atoms with Gasteiger partial charge in [0.05, 0.1) is 0 Å². The van der Waals surface area contributed by atoms with Crippen molar-refractivity contribution in [2.45, 2.75) is 58.9 Å². The van der Waals surface area contributed by atoms with Gasteiger partial charge in [-0.05, 0) is 36.8 Å². The van der Waals surface area contributed by atoms with Gasteiger partial charge in [-0.1, -0.05) is 58.0 Å². The smallest absolute Gasteiger partial charge is 0.184 e. The van der Waals surface area contributed by atoms with Crippen molar-refractivity contribution in [1.82, 2.24) is 0 Å². The average Bonchev–Trinajstić information content (AvgIpc) is 2.54. The SMILES string of the molecule is CC[N+]1=CC=CC(C)C1c1ccccc1C(C)(CC)CC. The number of nitrogens with zero attached hydrogens (tertiary/aromatic N) is 1. The maximum Gasteiger partial charge on any atom is 0.184 e. The minimum Gasteiger partial charge on any atom is -0.229 e. The van der Waals surface area contributed by atoms with Gasteiger partial charge in [-0.25, -0.2) is 4.58 Å². The second kappa shape index (κ2) is 6.60. The van der Waals surface area contributed by atoms with E-state index in [-0.39, 0.29) is 5.41 Å². The van der Waals surface area contributed by atoms with Gasteiger partial charge < -0.3 is 0 Å².